The number of rotatable bonds is 6. The number of piperidine rings is 1. The van der Waals surface area contributed by atoms with Gasteiger partial charge in [0.05, 0.1) is 11.4 Å². The fraction of sp³-hybridized carbons (Fsp3) is 1.00. The maximum Gasteiger partial charge on any atom is 0.148 e. The summed E-state index contributed by atoms with van der Waals surface area (Å²) in [5, 5.41) is 10.5. The Morgan fingerprint density at radius 1 is 1.50 bits per heavy atom. The molecule has 0 aliphatic carbocycles. The third-order valence-electron chi connectivity index (χ3n) is 3.83. The van der Waals surface area contributed by atoms with Crippen LogP contribution >= 0.6 is 0 Å². The second-order valence-corrected chi connectivity index (χ2v) is 7.69. The Hall–Kier alpha value is -0.170. The molecule has 6 heteroatoms. The minimum Gasteiger partial charge on any atom is -0.389 e. The minimum absolute atomic E-state index is 0.140. The van der Waals surface area contributed by atoms with E-state index >= 15 is 0 Å². The highest BCUT2D eigenvalue weighted by Crippen LogP contribution is 2.30. The van der Waals surface area contributed by atoms with Gasteiger partial charge in [0.25, 0.3) is 0 Å². The lowest BCUT2D eigenvalue weighted by Gasteiger charge is -2.43. The smallest absolute Gasteiger partial charge is 0.148 e. The van der Waals surface area contributed by atoms with Crippen LogP contribution in [-0.4, -0.2) is 69.4 Å². The molecule has 1 aliphatic rings. The lowest BCUT2D eigenvalue weighted by atomic mass is 9.80. The van der Waals surface area contributed by atoms with E-state index in [2.05, 4.69) is 4.90 Å². The molecule has 1 heterocycles. The second kappa shape index (κ2) is 6.32. The van der Waals surface area contributed by atoms with Crippen LogP contribution in [0.25, 0.3) is 0 Å². The molecule has 0 aromatic rings. The molecule has 0 amide bonds. The van der Waals surface area contributed by atoms with Crippen LogP contribution in [0, 0.1) is 5.92 Å². The maximum absolute atomic E-state index is 11.1. The van der Waals surface area contributed by atoms with Gasteiger partial charge in [-0.15, -0.1) is 0 Å². The monoisotopic (exact) mass is 279 g/mol. The summed E-state index contributed by atoms with van der Waals surface area (Å²) in [6.07, 6.45) is 2.58. The van der Waals surface area contributed by atoms with Gasteiger partial charge in [-0.3, -0.25) is 0 Å². The zero-order valence-corrected chi connectivity index (χ0v) is 12.4. The van der Waals surface area contributed by atoms with E-state index in [1.165, 1.54) is 6.26 Å². The van der Waals surface area contributed by atoms with E-state index in [1.807, 2.05) is 6.92 Å². The molecule has 18 heavy (non-hydrogen) atoms. The van der Waals surface area contributed by atoms with Gasteiger partial charge in [-0.05, 0) is 18.8 Å². The van der Waals surface area contributed by atoms with Gasteiger partial charge in [0.1, 0.15) is 9.84 Å². The van der Waals surface area contributed by atoms with Crippen molar-refractivity contribution >= 4 is 9.84 Å². The zero-order chi connectivity index (χ0) is 13.8. The summed E-state index contributed by atoms with van der Waals surface area (Å²) in [6, 6.07) is 0. The molecule has 108 valence electrons. The Morgan fingerprint density at radius 3 is 2.67 bits per heavy atom. The molecule has 1 fully saturated rings. The summed E-state index contributed by atoms with van der Waals surface area (Å²) in [5.74, 6) is 0.330. The molecule has 0 radical (unpaired) electrons. The Kier molecular flexibility index (Phi) is 5.58. The highest BCUT2D eigenvalue weighted by molar-refractivity contribution is 7.90. The van der Waals surface area contributed by atoms with Gasteiger partial charge in [-0.25, -0.2) is 8.42 Å². The van der Waals surface area contributed by atoms with Crippen molar-refractivity contribution in [2.45, 2.75) is 25.4 Å². The molecule has 0 saturated carbocycles. The number of sulfone groups is 1. The van der Waals surface area contributed by atoms with E-state index in [4.69, 9.17) is 4.74 Å². The molecule has 1 aliphatic heterocycles. The summed E-state index contributed by atoms with van der Waals surface area (Å²) in [7, 11) is -1.27. The largest absolute Gasteiger partial charge is 0.389 e. The van der Waals surface area contributed by atoms with Gasteiger partial charge >= 0.3 is 0 Å². The molecular weight excluding hydrogens is 254 g/mol. The number of methoxy groups -OCH3 is 1. The zero-order valence-electron chi connectivity index (χ0n) is 11.6. The van der Waals surface area contributed by atoms with Crippen LogP contribution in [0.15, 0.2) is 0 Å². The first-order chi connectivity index (χ1) is 8.27. The summed E-state index contributed by atoms with van der Waals surface area (Å²) >= 11 is 0. The summed E-state index contributed by atoms with van der Waals surface area (Å²) in [4.78, 5) is 2.12. The van der Waals surface area contributed by atoms with Crippen LogP contribution in [0.2, 0.25) is 0 Å². The van der Waals surface area contributed by atoms with Crippen LogP contribution in [0.5, 0.6) is 0 Å². The molecule has 2 atom stereocenters. The van der Waals surface area contributed by atoms with E-state index in [0.717, 1.165) is 13.1 Å². The third kappa shape index (κ3) is 4.84. The van der Waals surface area contributed by atoms with Crippen LogP contribution in [0.1, 0.15) is 19.8 Å². The highest BCUT2D eigenvalue weighted by Gasteiger charge is 2.38. The first-order valence-corrected chi connectivity index (χ1v) is 8.44. The average molecular weight is 279 g/mol. The van der Waals surface area contributed by atoms with Crippen LogP contribution in [0.3, 0.4) is 0 Å². The first-order valence-electron chi connectivity index (χ1n) is 6.38. The topological polar surface area (TPSA) is 66.8 Å². The van der Waals surface area contributed by atoms with E-state index in [9.17, 15) is 13.5 Å². The summed E-state index contributed by atoms with van der Waals surface area (Å²) in [5.41, 5.74) is -0.669. The van der Waals surface area contributed by atoms with E-state index in [-0.39, 0.29) is 11.7 Å². The Balaban J connectivity index is 2.45. The van der Waals surface area contributed by atoms with Crippen molar-refractivity contribution in [3.63, 3.8) is 0 Å². The third-order valence-corrected chi connectivity index (χ3v) is 4.75. The molecule has 1 saturated heterocycles. The number of hydrogen-bond donors (Lipinski definition) is 1. The van der Waals surface area contributed by atoms with E-state index in [0.29, 0.717) is 26.0 Å². The van der Waals surface area contributed by atoms with Crippen molar-refractivity contribution in [1.29, 1.82) is 0 Å². The number of nitrogens with zero attached hydrogens (tertiary/aromatic N) is 1. The van der Waals surface area contributed by atoms with E-state index in [1.54, 1.807) is 7.11 Å². The van der Waals surface area contributed by atoms with Crippen molar-refractivity contribution in [2.75, 3.05) is 45.4 Å². The van der Waals surface area contributed by atoms with Gasteiger partial charge in [0, 0.05) is 39.6 Å². The Morgan fingerprint density at radius 2 is 2.17 bits per heavy atom. The van der Waals surface area contributed by atoms with Gasteiger partial charge in [-0.2, -0.15) is 0 Å². The van der Waals surface area contributed by atoms with Crippen molar-refractivity contribution < 1.29 is 18.3 Å². The van der Waals surface area contributed by atoms with Crippen molar-refractivity contribution in [3.8, 4) is 0 Å². The molecule has 0 aromatic carbocycles. The van der Waals surface area contributed by atoms with Crippen molar-refractivity contribution in [3.05, 3.63) is 0 Å². The van der Waals surface area contributed by atoms with Gasteiger partial charge in [0.15, 0.2) is 0 Å². The van der Waals surface area contributed by atoms with Crippen LogP contribution in [-0.2, 0) is 14.6 Å². The SMILES string of the molecule is COCC[C@]1(O)CCN(CCS(C)(=O)=O)C[C@H]1C. The number of ether oxygens (including phenoxy) is 1. The summed E-state index contributed by atoms with van der Waals surface area (Å²) < 4.78 is 27.3. The molecule has 0 spiro atoms. The molecular formula is C12H25NO4S. The highest BCUT2D eigenvalue weighted by atomic mass is 32.2. The maximum atomic E-state index is 11.1. The predicted octanol–water partition coefficient (Wildman–Crippen LogP) is 0.140. The molecule has 0 unspecified atom stereocenters. The molecule has 0 bridgehead atoms. The van der Waals surface area contributed by atoms with Crippen LogP contribution < -0.4 is 0 Å². The number of hydrogen-bond acceptors (Lipinski definition) is 5. The van der Waals surface area contributed by atoms with Crippen molar-refractivity contribution in [2.24, 2.45) is 5.92 Å². The van der Waals surface area contributed by atoms with Gasteiger partial charge in [-0.1, -0.05) is 6.92 Å². The number of aliphatic hydroxyl groups is 1. The van der Waals surface area contributed by atoms with E-state index < -0.39 is 15.4 Å². The number of likely N-dealkylation sites (tertiary alicyclic amines) is 1. The van der Waals surface area contributed by atoms with Gasteiger partial charge < -0.3 is 14.7 Å². The fourth-order valence-electron chi connectivity index (χ4n) is 2.39. The summed E-state index contributed by atoms with van der Waals surface area (Å²) in [6.45, 7) is 4.63. The van der Waals surface area contributed by atoms with Crippen molar-refractivity contribution in [1.82, 2.24) is 4.90 Å². The quantitative estimate of drug-likeness (QED) is 0.749. The lowest BCUT2D eigenvalue weighted by molar-refractivity contribution is -0.0801. The normalized spacial score (nSPS) is 30.6. The molecule has 1 rings (SSSR count). The second-order valence-electron chi connectivity index (χ2n) is 5.43. The average Bonchev–Trinajstić information content (AvgIpc) is 2.27. The first kappa shape index (κ1) is 15.9. The standard InChI is InChI=1S/C12H25NO4S/c1-11-10-13(7-9-18(3,15)16)6-4-12(11,14)5-8-17-2/h11,14H,4-10H2,1-3H3/t11-,12-/m1/s1. The Labute approximate surface area is 110 Å². The molecule has 0 aromatic heterocycles. The minimum atomic E-state index is -2.91. The lowest BCUT2D eigenvalue weighted by Crippen LogP contribution is -2.52. The molecule has 1 N–H and O–H groups in total. The van der Waals surface area contributed by atoms with Crippen LogP contribution in [0.4, 0.5) is 0 Å². The fourth-order valence-corrected chi connectivity index (χ4v) is 2.98. The molecule has 5 nitrogen and oxygen atoms in total. The van der Waals surface area contributed by atoms with Gasteiger partial charge in [0.2, 0.25) is 0 Å². The predicted molar refractivity (Wildman–Crippen MR) is 71.4 cm³/mol. The Bertz CT molecular complexity index is 357.